The van der Waals surface area contributed by atoms with E-state index < -0.39 is 6.61 Å². The number of thioether (sulfide) groups is 1. The molecule has 0 atom stereocenters. The highest BCUT2D eigenvalue weighted by molar-refractivity contribution is 7.99. The van der Waals surface area contributed by atoms with E-state index in [1.54, 1.807) is 19.2 Å². The molecule has 146 valence electrons. The van der Waals surface area contributed by atoms with Gasteiger partial charge in [-0.25, -0.2) is 0 Å². The Hall–Kier alpha value is -3.14. The van der Waals surface area contributed by atoms with Crippen LogP contribution in [0.2, 0.25) is 0 Å². The fraction of sp³-hybridized carbons (Fsp3) is 0.167. The monoisotopic (exact) mass is 407 g/mol. The van der Waals surface area contributed by atoms with Gasteiger partial charge >= 0.3 is 6.61 Å². The number of ether oxygens (including phenoxy) is 2. The van der Waals surface area contributed by atoms with Crippen LogP contribution in [0.5, 0.6) is 11.5 Å². The SMILES string of the molecule is COc1ccccc1-c1nnc(SCC(=O)Nc2ccc(OC(F)F)cc2)o1. The third kappa shape index (κ3) is 5.19. The molecule has 0 spiro atoms. The lowest BCUT2D eigenvalue weighted by Gasteiger charge is -2.07. The van der Waals surface area contributed by atoms with Crippen LogP contribution in [0.15, 0.2) is 58.2 Å². The summed E-state index contributed by atoms with van der Waals surface area (Å²) in [6, 6.07) is 12.8. The summed E-state index contributed by atoms with van der Waals surface area (Å²) < 4.78 is 39.3. The van der Waals surface area contributed by atoms with Crippen molar-refractivity contribution in [1.82, 2.24) is 10.2 Å². The number of nitrogens with zero attached hydrogens (tertiary/aromatic N) is 2. The molecule has 0 saturated carbocycles. The lowest BCUT2D eigenvalue weighted by atomic mass is 10.2. The second kappa shape index (κ2) is 9.18. The van der Waals surface area contributed by atoms with Crippen LogP contribution in [0.1, 0.15) is 0 Å². The number of methoxy groups -OCH3 is 1. The first-order chi connectivity index (χ1) is 13.5. The highest BCUT2D eigenvalue weighted by Crippen LogP contribution is 2.30. The largest absolute Gasteiger partial charge is 0.496 e. The van der Waals surface area contributed by atoms with Gasteiger partial charge in [0.2, 0.25) is 5.91 Å². The maximum Gasteiger partial charge on any atom is 0.387 e. The molecule has 7 nitrogen and oxygen atoms in total. The number of carbonyl (C=O) groups is 1. The number of alkyl halides is 2. The van der Waals surface area contributed by atoms with Crippen molar-refractivity contribution in [1.29, 1.82) is 0 Å². The van der Waals surface area contributed by atoms with Crippen LogP contribution in [0.25, 0.3) is 11.5 Å². The highest BCUT2D eigenvalue weighted by Gasteiger charge is 2.14. The second-order valence-corrected chi connectivity index (χ2v) is 6.24. The van der Waals surface area contributed by atoms with Crippen molar-refractivity contribution in [3.8, 4) is 23.0 Å². The van der Waals surface area contributed by atoms with Gasteiger partial charge in [0, 0.05) is 5.69 Å². The number of hydrogen-bond donors (Lipinski definition) is 1. The molecule has 0 aliphatic heterocycles. The Bertz CT molecular complexity index is 935. The fourth-order valence-corrected chi connectivity index (χ4v) is 2.81. The molecule has 0 fully saturated rings. The van der Waals surface area contributed by atoms with E-state index in [4.69, 9.17) is 9.15 Å². The second-order valence-electron chi connectivity index (χ2n) is 5.31. The summed E-state index contributed by atoms with van der Waals surface area (Å²) in [4.78, 5) is 12.0. The summed E-state index contributed by atoms with van der Waals surface area (Å²) in [6.45, 7) is -2.90. The molecule has 1 heterocycles. The number of aromatic nitrogens is 2. The molecule has 28 heavy (non-hydrogen) atoms. The maximum atomic E-state index is 12.1. The molecule has 2 aromatic carbocycles. The zero-order valence-corrected chi connectivity index (χ0v) is 15.4. The molecule has 1 aromatic heterocycles. The van der Waals surface area contributed by atoms with Crippen LogP contribution >= 0.6 is 11.8 Å². The minimum atomic E-state index is -2.90. The zero-order valence-electron chi connectivity index (χ0n) is 14.6. The molecule has 0 unspecified atom stereocenters. The third-order valence-corrected chi connectivity index (χ3v) is 4.25. The van der Waals surface area contributed by atoms with E-state index in [2.05, 4.69) is 20.3 Å². The van der Waals surface area contributed by atoms with Gasteiger partial charge in [-0.2, -0.15) is 8.78 Å². The van der Waals surface area contributed by atoms with Crippen molar-refractivity contribution in [2.75, 3.05) is 18.2 Å². The van der Waals surface area contributed by atoms with Crippen molar-refractivity contribution in [2.24, 2.45) is 0 Å². The Balaban J connectivity index is 1.54. The van der Waals surface area contributed by atoms with Crippen LogP contribution < -0.4 is 14.8 Å². The van der Waals surface area contributed by atoms with Gasteiger partial charge in [0.15, 0.2) is 0 Å². The number of carbonyl (C=O) groups excluding carboxylic acids is 1. The van der Waals surface area contributed by atoms with Gasteiger partial charge in [0.05, 0.1) is 18.4 Å². The molecular weight excluding hydrogens is 392 g/mol. The molecule has 0 aliphatic rings. The van der Waals surface area contributed by atoms with E-state index >= 15 is 0 Å². The highest BCUT2D eigenvalue weighted by atomic mass is 32.2. The van der Waals surface area contributed by atoms with E-state index in [0.29, 0.717) is 17.0 Å². The quantitative estimate of drug-likeness (QED) is 0.563. The standard InChI is InChI=1S/C18H15F2N3O4S/c1-25-14-5-3-2-4-13(14)16-22-23-18(27-16)28-10-15(24)21-11-6-8-12(9-7-11)26-17(19)20/h2-9,17H,10H2,1H3,(H,21,24). The summed E-state index contributed by atoms with van der Waals surface area (Å²) >= 11 is 1.07. The smallest absolute Gasteiger partial charge is 0.387 e. The molecule has 0 radical (unpaired) electrons. The maximum absolute atomic E-state index is 12.1. The summed E-state index contributed by atoms with van der Waals surface area (Å²) in [5.41, 5.74) is 1.10. The van der Waals surface area contributed by atoms with Crippen LogP contribution in [0, 0.1) is 0 Å². The summed E-state index contributed by atoms with van der Waals surface area (Å²) in [5.74, 6) is 0.611. The molecule has 1 N–H and O–H groups in total. The molecule has 10 heteroatoms. The topological polar surface area (TPSA) is 86.5 Å². The van der Waals surface area contributed by atoms with Crippen molar-refractivity contribution in [2.45, 2.75) is 11.8 Å². The number of anilines is 1. The number of rotatable bonds is 8. The van der Waals surface area contributed by atoms with Gasteiger partial charge in [0.1, 0.15) is 11.5 Å². The Labute approximate surface area is 163 Å². The first kappa shape index (κ1) is 19.6. The van der Waals surface area contributed by atoms with Gasteiger partial charge in [-0.15, -0.1) is 10.2 Å². The predicted molar refractivity (Wildman–Crippen MR) is 98.7 cm³/mol. The summed E-state index contributed by atoms with van der Waals surface area (Å²) in [6.07, 6.45) is 0. The molecule has 3 aromatic rings. The number of para-hydroxylation sites is 1. The van der Waals surface area contributed by atoms with Crippen LogP contribution in [-0.2, 0) is 4.79 Å². The normalized spacial score (nSPS) is 10.7. The summed E-state index contributed by atoms with van der Waals surface area (Å²) in [5, 5.41) is 10.7. The van der Waals surface area contributed by atoms with E-state index in [1.165, 1.54) is 24.3 Å². The first-order valence-electron chi connectivity index (χ1n) is 7.99. The van der Waals surface area contributed by atoms with Crippen molar-refractivity contribution in [3.63, 3.8) is 0 Å². The Kier molecular flexibility index (Phi) is 6.43. The Morgan fingerprint density at radius 3 is 2.64 bits per heavy atom. The van der Waals surface area contributed by atoms with E-state index in [9.17, 15) is 13.6 Å². The lowest BCUT2D eigenvalue weighted by molar-refractivity contribution is -0.113. The number of hydrogen-bond acceptors (Lipinski definition) is 7. The van der Waals surface area contributed by atoms with Gasteiger partial charge in [0.25, 0.3) is 11.1 Å². The summed E-state index contributed by atoms with van der Waals surface area (Å²) in [7, 11) is 1.54. The van der Waals surface area contributed by atoms with E-state index in [0.717, 1.165) is 11.8 Å². The molecule has 1 amide bonds. The number of halogens is 2. The number of benzene rings is 2. The van der Waals surface area contributed by atoms with Crippen LogP contribution in [-0.4, -0.2) is 35.6 Å². The molecular formula is C18H15F2N3O4S. The number of amides is 1. The fourth-order valence-electron chi connectivity index (χ4n) is 2.24. The number of nitrogens with one attached hydrogen (secondary N) is 1. The average molecular weight is 407 g/mol. The first-order valence-corrected chi connectivity index (χ1v) is 8.98. The van der Waals surface area contributed by atoms with Crippen LogP contribution in [0.3, 0.4) is 0 Å². The van der Waals surface area contributed by atoms with Crippen molar-refractivity contribution < 1.29 is 27.5 Å². The molecule has 0 saturated heterocycles. The Morgan fingerprint density at radius 1 is 1.18 bits per heavy atom. The Morgan fingerprint density at radius 2 is 1.93 bits per heavy atom. The van der Waals surface area contributed by atoms with Gasteiger partial charge in [-0.05, 0) is 36.4 Å². The van der Waals surface area contributed by atoms with Gasteiger partial charge < -0.3 is 19.2 Å². The average Bonchev–Trinajstić information content (AvgIpc) is 3.16. The predicted octanol–water partition coefficient (Wildman–Crippen LogP) is 4.08. The van der Waals surface area contributed by atoms with E-state index in [1.807, 2.05) is 12.1 Å². The van der Waals surface area contributed by atoms with E-state index in [-0.39, 0.29) is 28.5 Å². The minimum Gasteiger partial charge on any atom is -0.496 e. The molecule has 0 bridgehead atoms. The third-order valence-electron chi connectivity index (χ3n) is 3.43. The van der Waals surface area contributed by atoms with Crippen molar-refractivity contribution in [3.05, 3.63) is 48.5 Å². The van der Waals surface area contributed by atoms with Crippen LogP contribution in [0.4, 0.5) is 14.5 Å². The van der Waals surface area contributed by atoms with Gasteiger partial charge in [-0.1, -0.05) is 23.9 Å². The zero-order chi connectivity index (χ0) is 19.9. The van der Waals surface area contributed by atoms with Gasteiger partial charge in [-0.3, -0.25) is 4.79 Å². The molecule has 3 rings (SSSR count). The molecule has 0 aliphatic carbocycles. The lowest BCUT2D eigenvalue weighted by Crippen LogP contribution is -2.14. The van der Waals surface area contributed by atoms with Crippen molar-refractivity contribution >= 4 is 23.4 Å². The minimum absolute atomic E-state index is 0.0112.